The zero-order valence-electron chi connectivity index (χ0n) is 16.9. The molecule has 0 saturated heterocycles. The molecule has 0 fully saturated rings. The fourth-order valence-corrected chi connectivity index (χ4v) is 4.40. The van der Waals surface area contributed by atoms with E-state index in [-0.39, 0.29) is 11.2 Å². The Balaban J connectivity index is 1.42. The minimum absolute atomic E-state index is 0.117. The molecule has 2 heterocycles. The first-order valence-electron chi connectivity index (χ1n) is 9.46. The minimum atomic E-state index is -0.345. The van der Waals surface area contributed by atoms with Gasteiger partial charge >= 0.3 is 0 Å². The third kappa shape index (κ3) is 4.44. The number of nitrogens with one attached hydrogen (secondary N) is 1. The molecule has 2 aromatic heterocycles. The maximum atomic E-state index is 12.7. The number of hydrogen-bond acceptors (Lipinski definition) is 6. The van der Waals surface area contributed by atoms with Crippen molar-refractivity contribution >= 4 is 34.1 Å². The van der Waals surface area contributed by atoms with Crippen molar-refractivity contribution in [2.24, 2.45) is 7.05 Å². The summed E-state index contributed by atoms with van der Waals surface area (Å²) in [5.74, 6) is 0.659. The van der Waals surface area contributed by atoms with Crippen LogP contribution < -0.4 is 5.32 Å². The molecule has 1 N–H and O–H groups in total. The van der Waals surface area contributed by atoms with Gasteiger partial charge in [0, 0.05) is 23.6 Å². The van der Waals surface area contributed by atoms with E-state index >= 15 is 0 Å². The van der Waals surface area contributed by atoms with Gasteiger partial charge in [-0.05, 0) is 13.8 Å². The van der Waals surface area contributed by atoms with Crippen molar-refractivity contribution < 1.29 is 4.79 Å². The van der Waals surface area contributed by atoms with E-state index in [1.807, 2.05) is 85.4 Å². The second kappa shape index (κ2) is 8.81. The summed E-state index contributed by atoms with van der Waals surface area (Å²) in [6, 6.07) is 18.0. The van der Waals surface area contributed by atoms with E-state index in [9.17, 15) is 4.79 Å². The van der Waals surface area contributed by atoms with E-state index in [1.54, 1.807) is 0 Å². The van der Waals surface area contributed by atoms with Gasteiger partial charge in [-0.2, -0.15) is 0 Å². The van der Waals surface area contributed by atoms with Crippen LogP contribution in [0.25, 0.3) is 22.6 Å². The molecule has 0 aliphatic rings. The second-order valence-electron chi connectivity index (χ2n) is 6.88. The molecule has 0 aliphatic heterocycles. The van der Waals surface area contributed by atoms with Crippen LogP contribution in [0.15, 0.2) is 65.1 Å². The summed E-state index contributed by atoms with van der Waals surface area (Å²) in [5.41, 5.74) is 4.07. The fourth-order valence-electron chi connectivity index (χ4n) is 2.86. The Kier molecular flexibility index (Phi) is 5.96. The maximum absolute atomic E-state index is 12.7. The standard InChI is InChI=1S/C22H21N5OS2/c1-14-9-11-17(12-10-14)19-25-26-22(27(19)3)30-15(2)20(28)24-21-23-18(13-29-21)16-7-5-4-6-8-16/h4-13,15H,1-3H3,(H,23,24,28). The molecule has 0 radical (unpaired) electrons. The van der Waals surface area contributed by atoms with Crippen molar-refractivity contribution in [2.45, 2.75) is 24.3 Å². The van der Waals surface area contributed by atoms with Crippen molar-refractivity contribution in [3.63, 3.8) is 0 Å². The Hall–Kier alpha value is -2.97. The van der Waals surface area contributed by atoms with Gasteiger partial charge in [-0.15, -0.1) is 21.5 Å². The molecule has 0 aliphatic carbocycles. The number of aryl methyl sites for hydroxylation is 1. The highest BCUT2D eigenvalue weighted by molar-refractivity contribution is 8.00. The number of aromatic nitrogens is 4. The minimum Gasteiger partial charge on any atom is -0.305 e. The highest BCUT2D eigenvalue weighted by Gasteiger charge is 2.20. The maximum Gasteiger partial charge on any atom is 0.239 e. The van der Waals surface area contributed by atoms with Gasteiger partial charge in [0.15, 0.2) is 16.1 Å². The number of thiazole rings is 1. The zero-order valence-corrected chi connectivity index (χ0v) is 18.5. The first-order valence-corrected chi connectivity index (χ1v) is 11.2. The highest BCUT2D eigenvalue weighted by atomic mass is 32.2. The average Bonchev–Trinajstić information content (AvgIpc) is 3.36. The quantitative estimate of drug-likeness (QED) is 0.430. The third-order valence-electron chi connectivity index (χ3n) is 4.60. The predicted molar refractivity (Wildman–Crippen MR) is 123 cm³/mol. The second-order valence-corrected chi connectivity index (χ2v) is 9.05. The molecule has 30 heavy (non-hydrogen) atoms. The summed E-state index contributed by atoms with van der Waals surface area (Å²) in [4.78, 5) is 17.2. The Morgan fingerprint density at radius 3 is 2.53 bits per heavy atom. The number of nitrogens with zero attached hydrogens (tertiary/aromatic N) is 4. The summed E-state index contributed by atoms with van der Waals surface area (Å²) < 4.78 is 1.91. The van der Waals surface area contributed by atoms with Crippen LogP contribution in [0.4, 0.5) is 5.13 Å². The van der Waals surface area contributed by atoms with E-state index in [0.29, 0.717) is 10.3 Å². The van der Waals surface area contributed by atoms with Crippen LogP contribution in [0.5, 0.6) is 0 Å². The predicted octanol–water partition coefficient (Wildman–Crippen LogP) is 5.03. The Morgan fingerprint density at radius 2 is 1.80 bits per heavy atom. The van der Waals surface area contributed by atoms with Gasteiger partial charge in [0.05, 0.1) is 10.9 Å². The summed E-state index contributed by atoms with van der Waals surface area (Å²) >= 11 is 2.79. The highest BCUT2D eigenvalue weighted by Crippen LogP contribution is 2.28. The Bertz CT molecular complexity index is 1150. The van der Waals surface area contributed by atoms with Gasteiger partial charge in [0.2, 0.25) is 5.91 Å². The van der Waals surface area contributed by atoms with Crippen molar-refractivity contribution in [3.05, 3.63) is 65.5 Å². The molecule has 0 bridgehead atoms. The van der Waals surface area contributed by atoms with Crippen LogP contribution in [0.2, 0.25) is 0 Å². The Morgan fingerprint density at radius 1 is 1.07 bits per heavy atom. The van der Waals surface area contributed by atoms with Gasteiger partial charge in [0.25, 0.3) is 0 Å². The monoisotopic (exact) mass is 435 g/mol. The molecule has 152 valence electrons. The van der Waals surface area contributed by atoms with Crippen LogP contribution >= 0.6 is 23.1 Å². The molecule has 0 spiro atoms. The smallest absolute Gasteiger partial charge is 0.239 e. The van der Waals surface area contributed by atoms with E-state index in [4.69, 9.17) is 0 Å². The van der Waals surface area contributed by atoms with Crippen LogP contribution in [0.3, 0.4) is 0 Å². The van der Waals surface area contributed by atoms with Gasteiger partial charge in [-0.3, -0.25) is 4.79 Å². The van der Waals surface area contributed by atoms with Crippen LogP contribution in [-0.2, 0) is 11.8 Å². The first kappa shape index (κ1) is 20.3. The molecule has 1 atom stereocenters. The van der Waals surface area contributed by atoms with Gasteiger partial charge < -0.3 is 9.88 Å². The molecular weight excluding hydrogens is 414 g/mol. The van der Waals surface area contributed by atoms with E-state index < -0.39 is 0 Å². The molecule has 4 aromatic rings. The zero-order chi connectivity index (χ0) is 21.1. The van der Waals surface area contributed by atoms with Gasteiger partial charge in [-0.25, -0.2) is 4.98 Å². The Labute approximate surface area is 183 Å². The topological polar surface area (TPSA) is 72.7 Å². The molecule has 1 unspecified atom stereocenters. The molecule has 4 rings (SSSR count). The van der Waals surface area contributed by atoms with Crippen molar-refractivity contribution in [1.29, 1.82) is 0 Å². The largest absolute Gasteiger partial charge is 0.305 e. The average molecular weight is 436 g/mol. The van der Waals surface area contributed by atoms with Crippen LogP contribution in [-0.4, -0.2) is 30.9 Å². The number of amides is 1. The summed E-state index contributed by atoms with van der Waals surface area (Å²) in [6.45, 7) is 3.90. The van der Waals surface area contributed by atoms with Gasteiger partial charge in [-0.1, -0.05) is 71.9 Å². The lowest BCUT2D eigenvalue weighted by Gasteiger charge is -2.10. The lowest BCUT2D eigenvalue weighted by Crippen LogP contribution is -2.22. The van der Waals surface area contributed by atoms with Crippen LogP contribution in [0.1, 0.15) is 12.5 Å². The molecule has 1 amide bonds. The number of anilines is 1. The summed E-state index contributed by atoms with van der Waals surface area (Å²) in [5, 5.41) is 14.4. The lowest BCUT2D eigenvalue weighted by molar-refractivity contribution is -0.115. The lowest BCUT2D eigenvalue weighted by atomic mass is 10.1. The van der Waals surface area contributed by atoms with E-state index in [0.717, 1.165) is 22.6 Å². The molecule has 8 heteroatoms. The number of carbonyl (C=O) groups is 1. The van der Waals surface area contributed by atoms with Crippen molar-refractivity contribution in [3.8, 4) is 22.6 Å². The third-order valence-corrected chi connectivity index (χ3v) is 6.49. The SMILES string of the molecule is Cc1ccc(-c2nnc(SC(C)C(=O)Nc3nc(-c4ccccc4)cs3)n2C)cc1. The molecule has 0 saturated carbocycles. The van der Waals surface area contributed by atoms with Crippen molar-refractivity contribution in [2.75, 3.05) is 5.32 Å². The summed E-state index contributed by atoms with van der Waals surface area (Å²) in [6.07, 6.45) is 0. The van der Waals surface area contributed by atoms with E-state index in [2.05, 4.69) is 20.5 Å². The number of benzene rings is 2. The van der Waals surface area contributed by atoms with Gasteiger partial charge in [0.1, 0.15) is 0 Å². The number of carbonyl (C=O) groups excluding carboxylic acids is 1. The normalized spacial score (nSPS) is 12.0. The molecular formula is C22H21N5OS2. The number of hydrogen-bond donors (Lipinski definition) is 1. The number of thioether (sulfide) groups is 1. The summed E-state index contributed by atoms with van der Waals surface area (Å²) in [7, 11) is 1.91. The van der Waals surface area contributed by atoms with Crippen molar-refractivity contribution in [1.82, 2.24) is 19.7 Å². The number of rotatable bonds is 6. The molecule has 6 nitrogen and oxygen atoms in total. The van der Waals surface area contributed by atoms with E-state index in [1.165, 1.54) is 28.7 Å². The fraction of sp³-hybridized carbons (Fsp3) is 0.182. The molecule has 2 aromatic carbocycles. The first-order chi connectivity index (χ1) is 14.5. The van der Waals surface area contributed by atoms with Crippen LogP contribution in [0, 0.1) is 6.92 Å².